The summed E-state index contributed by atoms with van der Waals surface area (Å²) in [4.78, 5) is 2.35. The maximum atomic E-state index is 13.2. The van der Waals surface area contributed by atoms with Crippen LogP contribution in [0.1, 0.15) is 38.7 Å². The number of halogens is 1. The van der Waals surface area contributed by atoms with Crippen LogP contribution in [0.15, 0.2) is 18.2 Å². The molecule has 1 aliphatic rings. The first-order valence-electron chi connectivity index (χ1n) is 6.65. The van der Waals surface area contributed by atoms with E-state index in [-0.39, 0.29) is 11.6 Å². The van der Waals surface area contributed by atoms with Crippen molar-refractivity contribution < 1.29 is 9.50 Å². The van der Waals surface area contributed by atoms with Gasteiger partial charge in [-0.15, -0.1) is 0 Å². The van der Waals surface area contributed by atoms with Crippen molar-refractivity contribution in [2.45, 2.75) is 39.7 Å². The van der Waals surface area contributed by atoms with Crippen LogP contribution in [-0.2, 0) is 6.54 Å². The van der Waals surface area contributed by atoms with Gasteiger partial charge >= 0.3 is 0 Å². The van der Waals surface area contributed by atoms with Gasteiger partial charge in [0.2, 0.25) is 0 Å². The molecule has 0 saturated carbocycles. The van der Waals surface area contributed by atoms with Gasteiger partial charge in [0.25, 0.3) is 0 Å². The molecule has 18 heavy (non-hydrogen) atoms. The lowest BCUT2D eigenvalue weighted by Crippen LogP contribution is -2.25. The van der Waals surface area contributed by atoms with Gasteiger partial charge in [-0.3, -0.25) is 4.90 Å². The Morgan fingerprint density at radius 1 is 1.22 bits per heavy atom. The highest BCUT2D eigenvalue weighted by Crippen LogP contribution is 2.30. The number of hydrogen-bond acceptors (Lipinski definition) is 2. The Kier molecular flexibility index (Phi) is 3.91. The first-order valence-corrected chi connectivity index (χ1v) is 6.65. The van der Waals surface area contributed by atoms with Crippen molar-refractivity contribution >= 4 is 0 Å². The molecule has 0 spiro atoms. The number of aromatic hydroxyl groups is 1. The number of likely N-dealkylation sites (tertiary alicyclic amines) is 1. The summed E-state index contributed by atoms with van der Waals surface area (Å²) in [6, 6.07) is 4.31. The minimum absolute atomic E-state index is 0.0140. The van der Waals surface area contributed by atoms with Crippen LogP contribution >= 0.6 is 0 Å². The third-order valence-corrected chi connectivity index (χ3v) is 3.78. The van der Waals surface area contributed by atoms with E-state index >= 15 is 0 Å². The molecule has 2 rings (SSSR count). The fourth-order valence-corrected chi connectivity index (χ4v) is 2.62. The third-order valence-electron chi connectivity index (χ3n) is 3.78. The Hall–Kier alpha value is -1.09. The van der Waals surface area contributed by atoms with Gasteiger partial charge in [-0.25, -0.2) is 4.39 Å². The summed E-state index contributed by atoms with van der Waals surface area (Å²) in [5, 5.41) is 9.40. The van der Waals surface area contributed by atoms with Crippen LogP contribution in [0.5, 0.6) is 5.75 Å². The molecule has 2 nitrogen and oxygen atoms in total. The lowest BCUT2D eigenvalue weighted by molar-refractivity contribution is 0.255. The molecule has 0 aromatic heterocycles. The number of rotatable bonds is 2. The molecule has 1 saturated heterocycles. The fraction of sp³-hybridized carbons (Fsp3) is 0.600. The molecule has 1 fully saturated rings. The summed E-state index contributed by atoms with van der Waals surface area (Å²) in [5.74, 6) is -0.347. The molecule has 3 heteroatoms. The van der Waals surface area contributed by atoms with Gasteiger partial charge in [-0.2, -0.15) is 0 Å². The Balaban J connectivity index is 2.00. The molecule has 1 aromatic rings. The van der Waals surface area contributed by atoms with Crippen LogP contribution in [0.2, 0.25) is 0 Å². The lowest BCUT2D eigenvalue weighted by atomic mass is 9.85. The van der Waals surface area contributed by atoms with Crippen molar-refractivity contribution in [2.75, 3.05) is 13.1 Å². The van der Waals surface area contributed by atoms with Crippen molar-refractivity contribution in [3.63, 3.8) is 0 Å². The third kappa shape index (κ3) is 3.70. The maximum Gasteiger partial charge on any atom is 0.127 e. The summed E-state index contributed by atoms with van der Waals surface area (Å²) in [6.07, 6.45) is 3.61. The molecule has 1 aliphatic heterocycles. The van der Waals surface area contributed by atoms with Crippen LogP contribution in [0.3, 0.4) is 0 Å². The zero-order valence-corrected chi connectivity index (χ0v) is 11.2. The molecule has 0 radical (unpaired) electrons. The van der Waals surface area contributed by atoms with Crippen molar-refractivity contribution in [2.24, 2.45) is 5.41 Å². The molecule has 0 amide bonds. The predicted molar refractivity (Wildman–Crippen MR) is 71.0 cm³/mol. The van der Waals surface area contributed by atoms with Gasteiger partial charge in [0.05, 0.1) is 0 Å². The quantitative estimate of drug-likeness (QED) is 0.869. The van der Waals surface area contributed by atoms with Gasteiger partial charge in [0, 0.05) is 12.6 Å². The van der Waals surface area contributed by atoms with E-state index in [0.717, 1.165) is 31.3 Å². The molecule has 1 N–H and O–H groups in total. The van der Waals surface area contributed by atoms with Crippen LogP contribution < -0.4 is 0 Å². The summed E-state index contributed by atoms with van der Waals surface area (Å²) in [6.45, 7) is 7.45. The highest BCUT2D eigenvalue weighted by molar-refractivity contribution is 5.28. The minimum Gasteiger partial charge on any atom is -0.508 e. The van der Waals surface area contributed by atoms with Gasteiger partial charge in [0.15, 0.2) is 0 Å². The normalized spacial score (nSPS) is 20.6. The average molecular weight is 251 g/mol. The first kappa shape index (κ1) is 13.3. The van der Waals surface area contributed by atoms with Crippen molar-refractivity contribution in [3.8, 4) is 5.75 Å². The van der Waals surface area contributed by atoms with Crippen molar-refractivity contribution in [1.29, 1.82) is 0 Å². The fourth-order valence-electron chi connectivity index (χ4n) is 2.62. The van der Waals surface area contributed by atoms with Gasteiger partial charge < -0.3 is 5.11 Å². The summed E-state index contributed by atoms with van der Waals surface area (Å²) >= 11 is 0. The summed E-state index contributed by atoms with van der Waals surface area (Å²) in [5.41, 5.74) is 1.27. The van der Waals surface area contributed by atoms with E-state index in [1.54, 1.807) is 6.07 Å². The van der Waals surface area contributed by atoms with E-state index in [1.807, 2.05) is 0 Å². The van der Waals surface area contributed by atoms with E-state index in [2.05, 4.69) is 18.7 Å². The molecule has 1 aromatic carbocycles. The van der Waals surface area contributed by atoms with E-state index < -0.39 is 0 Å². The Morgan fingerprint density at radius 3 is 2.72 bits per heavy atom. The van der Waals surface area contributed by atoms with Crippen molar-refractivity contribution in [1.82, 2.24) is 4.90 Å². The topological polar surface area (TPSA) is 23.5 Å². The molecule has 1 heterocycles. The molecular weight excluding hydrogens is 229 g/mol. The second-order valence-corrected chi connectivity index (χ2v) is 6.11. The minimum atomic E-state index is -0.361. The van der Waals surface area contributed by atoms with Gasteiger partial charge in [0.1, 0.15) is 11.6 Å². The van der Waals surface area contributed by atoms with E-state index in [0.29, 0.717) is 5.41 Å². The Bertz CT molecular complexity index is 397. The van der Waals surface area contributed by atoms with Gasteiger partial charge in [-0.1, -0.05) is 13.8 Å². The van der Waals surface area contributed by atoms with Crippen molar-refractivity contribution in [3.05, 3.63) is 29.6 Å². The predicted octanol–water partition coefficient (Wildman–Crippen LogP) is 3.54. The first-order chi connectivity index (χ1) is 8.44. The summed E-state index contributed by atoms with van der Waals surface area (Å²) in [7, 11) is 0. The highest BCUT2D eigenvalue weighted by Gasteiger charge is 2.23. The van der Waals surface area contributed by atoms with E-state index in [9.17, 15) is 9.50 Å². The zero-order chi connectivity index (χ0) is 13.2. The molecule has 0 bridgehead atoms. The smallest absolute Gasteiger partial charge is 0.127 e. The number of phenols is 1. The zero-order valence-electron chi connectivity index (χ0n) is 11.2. The van der Waals surface area contributed by atoms with Crippen LogP contribution in [-0.4, -0.2) is 23.1 Å². The Labute approximate surface area is 108 Å². The lowest BCUT2D eigenvalue weighted by Gasteiger charge is -2.23. The standard InChI is InChI=1S/C15H22FNO/c1-15(2)4-3-6-17(7-5-15)11-12-8-13(16)10-14(18)9-12/h8-10,18H,3-7,11H2,1-2H3. The monoisotopic (exact) mass is 251 g/mol. The molecule has 0 unspecified atom stereocenters. The molecule has 0 atom stereocenters. The highest BCUT2D eigenvalue weighted by atomic mass is 19.1. The molecular formula is C15H22FNO. The largest absolute Gasteiger partial charge is 0.508 e. The SMILES string of the molecule is CC1(C)CCCN(Cc2cc(O)cc(F)c2)CC1. The average Bonchev–Trinajstić information content (AvgIpc) is 2.39. The van der Waals surface area contributed by atoms with Crippen LogP contribution in [0, 0.1) is 11.2 Å². The number of phenolic OH excluding ortho intramolecular Hbond substituents is 1. The number of hydrogen-bond donors (Lipinski definition) is 1. The number of benzene rings is 1. The van der Waals surface area contributed by atoms with E-state index in [4.69, 9.17) is 0 Å². The molecule has 0 aliphatic carbocycles. The number of nitrogens with zero attached hydrogens (tertiary/aromatic N) is 1. The Morgan fingerprint density at radius 2 is 2.00 bits per heavy atom. The van der Waals surface area contributed by atoms with E-state index in [1.165, 1.54) is 25.3 Å². The van der Waals surface area contributed by atoms with Crippen LogP contribution in [0.4, 0.5) is 4.39 Å². The van der Waals surface area contributed by atoms with Gasteiger partial charge in [-0.05, 0) is 55.5 Å². The second kappa shape index (κ2) is 5.27. The second-order valence-electron chi connectivity index (χ2n) is 6.11. The summed E-state index contributed by atoms with van der Waals surface area (Å²) < 4.78 is 13.2. The molecule has 100 valence electrons. The van der Waals surface area contributed by atoms with Crippen LogP contribution in [0.25, 0.3) is 0 Å². The maximum absolute atomic E-state index is 13.2.